The molecule has 0 bridgehead atoms. The van der Waals surface area contributed by atoms with Gasteiger partial charge in [-0.05, 0) is 18.9 Å². The number of benzene rings is 1. The topological polar surface area (TPSA) is 92.5 Å². The van der Waals surface area contributed by atoms with Gasteiger partial charge in [-0.1, -0.05) is 18.2 Å². The first-order valence-corrected chi connectivity index (χ1v) is 7.02. The molecular formula is C15H15N3O4. The molecule has 1 aliphatic rings. The van der Waals surface area contributed by atoms with Crippen LogP contribution in [0.25, 0.3) is 10.8 Å². The summed E-state index contributed by atoms with van der Waals surface area (Å²) in [6.45, 7) is -0.584. The highest BCUT2D eigenvalue weighted by atomic mass is 16.4. The number of rotatable bonds is 5. The number of hydrogen-bond acceptors (Lipinski definition) is 4. The fourth-order valence-electron chi connectivity index (χ4n) is 2.41. The van der Waals surface area contributed by atoms with Crippen LogP contribution in [0.15, 0.2) is 35.3 Å². The molecular weight excluding hydrogens is 286 g/mol. The van der Waals surface area contributed by atoms with Crippen molar-refractivity contribution in [3.8, 4) is 0 Å². The molecule has 3 rings (SSSR count). The molecule has 1 aromatic heterocycles. The van der Waals surface area contributed by atoms with E-state index in [1.165, 1.54) is 11.1 Å². The maximum Gasteiger partial charge on any atom is 0.323 e. The molecule has 114 valence electrons. The third-order valence-corrected chi connectivity index (χ3v) is 3.66. The van der Waals surface area contributed by atoms with Gasteiger partial charge >= 0.3 is 5.97 Å². The van der Waals surface area contributed by atoms with Gasteiger partial charge in [-0.2, -0.15) is 5.10 Å². The van der Waals surface area contributed by atoms with Gasteiger partial charge in [0.25, 0.3) is 5.56 Å². The minimum atomic E-state index is -1.06. The summed E-state index contributed by atoms with van der Waals surface area (Å²) in [4.78, 5) is 36.8. The summed E-state index contributed by atoms with van der Waals surface area (Å²) in [5, 5.41) is 14.1. The first-order chi connectivity index (χ1) is 10.6. The predicted octanol–water partition coefficient (Wildman–Crippen LogP) is 0.472. The minimum Gasteiger partial charge on any atom is -0.480 e. The van der Waals surface area contributed by atoms with E-state index in [0.29, 0.717) is 10.8 Å². The van der Waals surface area contributed by atoms with E-state index >= 15 is 0 Å². The predicted molar refractivity (Wildman–Crippen MR) is 78.4 cm³/mol. The Morgan fingerprint density at radius 1 is 1.32 bits per heavy atom. The number of carboxylic acids is 1. The zero-order chi connectivity index (χ0) is 15.7. The van der Waals surface area contributed by atoms with Crippen molar-refractivity contribution in [3.63, 3.8) is 0 Å². The number of carbonyl (C=O) groups excluding carboxylic acids is 1. The molecule has 7 heteroatoms. The number of carboxylic acid groups (broad SMARTS) is 1. The Morgan fingerprint density at radius 3 is 2.73 bits per heavy atom. The molecule has 1 heterocycles. The number of aliphatic carboxylic acids is 1. The van der Waals surface area contributed by atoms with E-state index in [1.54, 1.807) is 24.3 Å². The van der Waals surface area contributed by atoms with Crippen molar-refractivity contribution in [2.75, 3.05) is 6.54 Å². The lowest BCUT2D eigenvalue weighted by Crippen LogP contribution is -2.41. The van der Waals surface area contributed by atoms with Crippen LogP contribution in [-0.2, 0) is 16.1 Å². The lowest BCUT2D eigenvalue weighted by Gasteiger charge is -2.20. The van der Waals surface area contributed by atoms with Crippen molar-refractivity contribution in [1.82, 2.24) is 14.7 Å². The summed E-state index contributed by atoms with van der Waals surface area (Å²) in [6, 6.07) is 6.98. The highest BCUT2D eigenvalue weighted by molar-refractivity contribution is 5.83. The molecule has 1 saturated carbocycles. The molecule has 1 fully saturated rings. The Morgan fingerprint density at radius 2 is 2.05 bits per heavy atom. The Hall–Kier alpha value is -2.70. The van der Waals surface area contributed by atoms with Crippen molar-refractivity contribution >= 4 is 22.6 Å². The monoisotopic (exact) mass is 301 g/mol. The molecule has 7 nitrogen and oxygen atoms in total. The first-order valence-electron chi connectivity index (χ1n) is 7.02. The summed E-state index contributed by atoms with van der Waals surface area (Å²) in [5.74, 6) is -1.45. The fourth-order valence-corrected chi connectivity index (χ4v) is 2.41. The van der Waals surface area contributed by atoms with Crippen molar-refractivity contribution < 1.29 is 14.7 Å². The molecule has 1 aliphatic carbocycles. The van der Waals surface area contributed by atoms with E-state index in [9.17, 15) is 14.4 Å². The molecule has 1 N–H and O–H groups in total. The second-order valence-electron chi connectivity index (χ2n) is 5.34. The van der Waals surface area contributed by atoms with E-state index in [1.807, 2.05) is 0 Å². The van der Waals surface area contributed by atoms with E-state index in [-0.39, 0.29) is 24.7 Å². The second kappa shape index (κ2) is 5.59. The van der Waals surface area contributed by atoms with Crippen LogP contribution < -0.4 is 5.56 Å². The largest absolute Gasteiger partial charge is 0.480 e. The molecule has 0 saturated heterocycles. The van der Waals surface area contributed by atoms with Crippen LogP contribution in [0, 0.1) is 0 Å². The van der Waals surface area contributed by atoms with Crippen LogP contribution in [0.5, 0.6) is 0 Å². The Kier molecular flexibility index (Phi) is 3.62. The third-order valence-electron chi connectivity index (χ3n) is 3.66. The minimum absolute atomic E-state index is 0.0280. The lowest BCUT2D eigenvalue weighted by molar-refractivity contribution is -0.145. The van der Waals surface area contributed by atoms with Crippen LogP contribution >= 0.6 is 0 Å². The smallest absolute Gasteiger partial charge is 0.323 e. The highest BCUT2D eigenvalue weighted by Crippen LogP contribution is 2.26. The van der Waals surface area contributed by atoms with Gasteiger partial charge < -0.3 is 10.0 Å². The summed E-state index contributed by atoms with van der Waals surface area (Å²) in [7, 11) is 0. The van der Waals surface area contributed by atoms with Gasteiger partial charge in [0.2, 0.25) is 5.91 Å². The Balaban J connectivity index is 1.85. The number of hydrogen-bond donors (Lipinski definition) is 1. The quantitative estimate of drug-likeness (QED) is 0.866. The third kappa shape index (κ3) is 2.83. The highest BCUT2D eigenvalue weighted by Gasteiger charge is 2.34. The van der Waals surface area contributed by atoms with Gasteiger partial charge in [-0.15, -0.1) is 0 Å². The first kappa shape index (κ1) is 14.2. The van der Waals surface area contributed by atoms with Crippen molar-refractivity contribution in [2.45, 2.75) is 25.4 Å². The molecule has 0 aliphatic heterocycles. The van der Waals surface area contributed by atoms with E-state index < -0.39 is 11.9 Å². The van der Waals surface area contributed by atoms with E-state index in [0.717, 1.165) is 17.5 Å². The molecule has 0 unspecified atom stereocenters. The number of amides is 1. The van der Waals surface area contributed by atoms with Crippen molar-refractivity contribution in [2.24, 2.45) is 0 Å². The SMILES string of the molecule is O=C(O)CN(C(=O)Cn1ncc2ccccc2c1=O)C1CC1. The van der Waals surface area contributed by atoms with Crippen LogP contribution in [-0.4, -0.2) is 44.3 Å². The number of carbonyl (C=O) groups is 2. The molecule has 1 amide bonds. The number of aromatic nitrogens is 2. The second-order valence-corrected chi connectivity index (χ2v) is 5.34. The summed E-state index contributed by atoms with van der Waals surface area (Å²) in [6.07, 6.45) is 3.14. The fraction of sp³-hybridized carbons (Fsp3) is 0.333. The maximum atomic E-state index is 12.3. The number of fused-ring (bicyclic) bond motifs is 1. The Labute approximate surface area is 125 Å². The van der Waals surface area contributed by atoms with Gasteiger partial charge in [0, 0.05) is 11.4 Å². The molecule has 0 atom stereocenters. The zero-order valence-electron chi connectivity index (χ0n) is 11.8. The zero-order valence-corrected chi connectivity index (χ0v) is 11.8. The summed E-state index contributed by atoms with van der Waals surface area (Å²) < 4.78 is 1.09. The molecule has 1 aromatic carbocycles. The van der Waals surface area contributed by atoms with E-state index in [2.05, 4.69) is 5.10 Å². The molecule has 2 aromatic rings. The Bertz CT molecular complexity index is 795. The molecule has 0 spiro atoms. The molecule has 22 heavy (non-hydrogen) atoms. The lowest BCUT2D eigenvalue weighted by atomic mass is 10.2. The van der Waals surface area contributed by atoms with Crippen molar-refractivity contribution in [1.29, 1.82) is 0 Å². The van der Waals surface area contributed by atoms with Gasteiger partial charge in [-0.25, -0.2) is 4.68 Å². The normalized spacial score (nSPS) is 14.0. The van der Waals surface area contributed by atoms with Crippen LogP contribution in [0.2, 0.25) is 0 Å². The standard InChI is InChI=1S/C15H15N3O4/c19-13(17(9-14(20)21)11-5-6-11)8-18-15(22)12-4-2-1-3-10(12)7-16-18/h1-4,7,11H,5-6,8-9H2,(H,20,21). The van der Waals surface area contributed by atoms with Crippen LogP contribution in [0.1, 0.15) is 12.8 Å². The van der Waals surface area contributed by atoms with Gasteiger partial charge in [0.15, 0.2) is 0 Å². The van der Waals surface area contributed by atoms with Crippen molar-refractivity contribution in [3.05, 3.63) is 40.8 Å². The van der Waals surface area contributed by atoms with Crippen LogP contribution in [0.4, 0.5) is 0 Å². The van der Waals surface area contributed by atoms with Gasteiger partial charge in [0.1, 0.15) is 13.1 Å². The summed E-state index contributed by atoms with van der Waals surface area (Å²) >= 11 is 0. The van der Waals surface area contributed by atoms with E-state index in [4.69, 9.17) is 5.11 Å². The van der Waals surface area contributed by atoms with Crippen LogP contribution in [0.3, 0.4) is 0 Å². The maximum absolute atomic E-state index is 12.3. The summed E-state index contributed by atoms with van der Waals surface area (Å²) in [5.41, 5.74) is -0.350. The average Bonchev–Trinajstić information content (AvgIpc) is 3.32. The van der Waals surface area contributed by atoms with Gasteiger partial charge in [0.05, 0.1) is 11.6 Å². The van der Waals surface area contributed by atoms with Gasteiger partial charge in [-0.3, -0.25) is 14.4 Å². The molecule has 0 radical (unpaired) electrons. The number of nitrogens with zero attached hydrogens (tertiary/aromatic N) is 3. The average molecular weight is 301 g/mol.